The van der Waals surface area contributed by atoms with Crippen LogP contribution in [0.15, 0.2) is 18.2 Å². The summed E-state index contributed by atoms with van der Waals surface area (Å²) in [7, 11) is 1.59. The van der Waals surface area contributed by atoms with Crippen LogP contribution in [0, 0.1) is 0 Å². The molecule has 2 unspecified atom stereocenters. The van der Waals surface area contributed by atoms with Crippen molar-refractivity contribution in [2.24, 2.45) is 0 Å². The Morgan fingerprint density at radius 3 is 2.62 bits per heavy atom. The molecular weight excluding hydrogens is 268 g/mol. The number of carbonyl (C=O) groups is 1. The first-order valence-corrected chi connectivity index (χ1v) is 7.44. The highest BCUT2D eigenvalue weighted by molar-refractivity contribution is 5.81. The Bertz CT molecular complexity index is 498. The largest absolute Gasteiger partial charge is 0.508 e. The summed E-state index contributed by atoms with van der Waals surface area (Å²) in [5.41, 5.74) is 0.732. The molecule has 0 bridgehead atoms. The highest BCUT2D eigenvalue weighted by Gasteiger charge is 2.25. The first-order chi connectivity index (χ1) is 10.0. The van der Waals surface area contributed by atoms with Crippen LogP contribution in [0.5, 0.6) is 11.5 Å². The average Bonchev–Trinajstić information content (AvgIpc) is 3.00. The minimum Gasteiger partial charge on any atom is -0.508 e. The molecule has 0 aromatic heterocycles. The van der Waals surface area contributed by atoms with Gasteiger partial charge in [-0.25, -0.2) is 0 Å². The van der Waals surface area contributed by atoms with Crippen LogP contribution in [0.25, 0.3) is 0 Å². The van der Waals surface area contributed by atoms with E-state index in [0.717, 1.165) is 31.5 Å². The van der Waals surface area contributed by atoms with Crippen LogP contribution in [0.2, 0.25) is 0 Å². The van der Waals surface area contributed by atoms with Crippen molar-refractivity contribution in [2.45, 2.75) is 38.8 Å². The van der Waals surface area contributed by atoms with Gasteiger partial charge in [0.2, 0.25) is 5.91 Å². The van der Waals surface area contributed by atoms with Gasteiger partial charge in [-0.1, -0.05) is 0 Å². The molecular formula is C16H24N2O3. The summed E-state index contributed by atoms with van der Waals surface area (Å²) in [4.78, 5) is 14.2. The second-order valence-corrected chi connectivity index (χ2v) is 5.57. The molecule has 0 saturated carbocycles. The van der Waals surface area contributed by atoms with Crippen molar-refractivity contribution in [3.8, 4) is 11.5 Å². The van der Waals surface area contributed by atoms with E-state index in [1.165, 1.54) is 0 Å². The normalized spacial score (nSPS) is 17.6. The van der Waals surface area contributed by atoms with Gasteiger partial charge in [-0.05, 0) is 44.9 Å². The first kappa shape index (κ1) is 15.6. The molecule has 5 nitrogen and oxygen atoms in total. The van der Waals surface area contributed by atoms with E-state index >= 15 is 0 Å². The van der Waals surface area contributed by atoms with E-state index in [4.69, 9.17) is 4.74 Å². The van der Waals surface area contributed by atoms with Gasteiger partial charge in [0.15, 0.2) is 0 Å². The lowest BCUT2D eigenvalue weighted by Gasteiger charge is -2.25. The zero-order valence-electron chi connectivity index (χ0n) is 12.9. The highest BCUT2D eigenvalue weighted by Crippen LogP contribution is 2.28. The lowest BCUT2D eigenvalue weighted by Crippen LogP contribution is -2.44. The summed E-state index contributed by atoms with van der Waals surface area (Å²) in [6.45, 7) is 5.50. The van der Waals surface area contributed by atoms with Crippen molar-refractivity contribution in [3.05, 3.63) is 23.8 Å². The van der Waals surface area contributed by atoms with Gasteiger partial charge < -0.3 is 14.7 Å². The number of phenols is 1. The molecule has 1 saturated heterocycles. The standard InChI is InChI=1S/C16H24N2O3/c1-11(14-10-13(21-3)6-7-15(14)19)17-12(2)16(20)18-8-4-5-9-18/h6-7,10-12,17,19H,4-5,8-9H2,1-3H3. The fraction of sp³-hybridized carbons (Fsp3) is 0.562. The number of nitrogens with one attached hydrogen (secondary N) is 1. The maximum atomic E-state index is 12.3. The topological polar surface area (TPSA) is 61.8 Å². The van der Waals surface area contributed by atoms with Crippen LogP contribution in [0.4, 0.5) is 0 Å². The van der Waals surface area contributed by atoms with Crippen LogP contribution in [0.1, 0.15) is 38.3 Å². The number of carbonyl (C=O) groups excluding carboxylic acids is 1. The van der Waals surface area contributed by atoms with E-state index in [0.29, 0.717) is 5.75 Å². The average molecular weight is 292 g/mol. The summed E-state index contributed by atoms with van der Waals surface area (Å²) in [6.07, 6.45) is 2.18. The number of likely N-dealkylation sites (tertiary alicyclic amines) is 1. The van der Waals surface area contributed by atoms with Gasteiger partial charge in [-0.2, -0.15) is 0 Å². The Morgan fingerprint density at radius 1 is 1.33 bits per heavy atom. The molecule has 0 spiro atoms. The van der Waals surface area contributed by atoms with Crippen molar-refractivity contribution in [1.29, 1.82) is 0 Å². The number of nitrogens with zero attached hydrogens (tertiary/aromatic N) is 1. The van der Waals surface area contributed by atoms with E-state index in [1.807, 2.05) is 18.7 Å². The maximum Gasteiger partial charge on any atom is 0.239 e. The second kappa shape index (κ2) is 6.80. The number of benzene rings is 1. The molecule has 2 rings (SSSR count). The highest BCUT2D eigenvalue weighted by atomic mass is 16.5. The third kappa shape index (κ3) is 3.67. The van der Waals surface area contributed by atoms with Gasteiger partial charge in [-0.3, -0.25) is 10.1 Å². The quantitative estimate of drug-likeness (QED) is 0.872. The Balaban J connectivity index is 2.03. The molecule has 116 valence electrons. The minimum atomic E-state index is -0.274. The van der Waals surface area contributed by atoms with E-state index in [1.54, 1.807) is 25.3 Å². The van der Waals surface area contributed by atoms with Crippen LogP contribution >= 0.6 is 0 Å². The molecule has 1 aromatic rings. The van der Waals surface area contributed by atoms with Gasteiger partial charge in [0.1, 0.15) is 11.5 Å². The zero-order chi connectivity index (χ0) is 15.4. The number of rotatable bonds is 5. The molecule has 1 aliphatic rings. The summed E-state index contributed by atoms with van der Waals surface area (Å²) in [6, 6.07) is 4.70. The SMILES string of the molecule is COc1ccc(O)c(C(C)NC(C)C(=O)N2CCCC2)c1. The monoisotopic (exact) mass is 292 g/mol. The Hall–Kier alpha value is -1.75. The second-order valence-electron chi connectivity index (χ2n) is 5.57. The number of methoxy groups -OCH3 is 1. The summed E-state index contributed by atoms with van der Waals surface area (Å²) in [5, 5.41) is 13.2. The molecule has 2 N–H and O–H groups in total. The third-order valence-corrected chi connectivity index (χ3v) is 3.99. The van der Waals surface area contributed by atoms with Gasteiger partial charge in [0.25, 0.3) is 0 Å². The molecule has 0 radical (unpaired) electrons. The fourth-order valence-corrected chi connectivity index (χ4v) is 2.75. The van der Waals surface area contributed by atoms with E-state index in [2.05, 4.69) is 5.32 Å². The third-order valence-electron chi connectivity index (χ3n) is 3.99. The van der Waals surface area contributed by atoms with Crippen LogP contribution < -0.4 is 10.1 Å². The molecule has 0 aliphatic carbocycles. The van der Waals surface area contributed by atoms with Crippen molar-refractivity contribution in [3.63, 3.8) is 0 Å². The molecule has 1 aromatic carbocycles. The van der Waals surface area contributed by atoms with Gasteiger partial charge in [-0.15, -0.1) is 0 Å². The summed E-state index contributed by atoms with van der Waals surface area (Å²) in [5.74, 6) is 1.02. The van der Waals surface area contributed by atoms with Crippen molar-refractivity contribution in [2.75, 3.05) is 20.2 Å². The lowest BCUT2D eigenvalue weighted by atomic mass is 10.1. The van der Waals surface area contributed by atoms with Crippen LogP contribution in [-0.4, -0.2) is 42.2 Å². The van der Waals surface area contributed by atoms with Crippen molar-refractivity contribution < 1.29 is 14.6 Å². The van der Waals surface area contributed by atoms with Crippen molar-refractivity contribution >= 4 is 5.91 Å². The molecule has 1 heterocycles. The zero-order valence-corrected chi connectivity index (χ0v) is 12.9. The Morgan fingerprint density at radius 2 is 2.00 bits per heavy atom. The fourth-order valence-electron chi connectivity index (χ4n) is 2.75. The van der Waals surface area contributed by atoms with Gasteiger partial charge in [0, 0.05) is 24.7 Å². The number of hydrogen-bond acceptors (Lipinski definition) is 4. The van der Waals surface area contributed by atoms with Crippen molar-refractivity contribution in [1.82, 2.24) is 10.2 Å². The maximum absolute atomic E-state index is 12.3. The summed E-state index contributed by atoms with van der Waals surface area (Å²) < 4.78 is 5.18. The van der Waals surface area contributed by atoms with E-state index in [-0.39, 0.29) is 23.7 Å². The summed E-state index contributed by atoms with van der Waals surface area (Å²) >= 11 is 0. The molecule has 5 heteroatoms. The molecule has 1 amide bonds. The smallest absolute Gasteiger partial charge is 0.239 e. The van der Waals surface area contributed by atoms with E-state index < -0.39 is 0 Å². The van der Waals surface area contributed by atoms with Crippen LogP contribution in [-0.2, 0) is 4.79 Å². The Labute approximate surface area is 125 Å². The predicted molar refractivity (Wildman–Crippen MR) is 81.5 cm³/mol. The molecule has 2 atom stereocenters. The molecule has 1 aliphatic heterocycles. The number of aromatic hydroxyl groups is 1. The van der Waals surface area contributed by atoms with Crippen LogP contribution in [0.3, 0.4) is 0 Å². The molecule has 21 heavy (non-hydrogen) atoms. The number of ether oxygens (including phenoxy) is 1. The van der Waals surface area contributed by atoms with E-state index in [9.17, 15) is 9.90 Å². The number of phenolic OH excluding ortho intramolecular Hbond substituents is 1. The van der Waals surface area contributed by atoms with Gasteiger partial charge in [0.05, 0.1) is 13.2 Å². The Kier molecular flexibility index (Phi) is 5.07. The minimum absolute atomic E-state index is 0.127. The first-order valence-electron chi connectivity index (χ1n) is 7.44. The molecule has 1 fully saturated rings. The predicted octanol–water partition coefficient (Wildman–Crippen LogP) is 2.06. The lowest BCUT2D eigenvalue weighted by molar-refractivity contribution is -0.132. The van der Waals surface area contributed by atoms with Gasteiger partial charge >= 0.3 is 0 Å². The number of amides is 1. The number of hydrogen-bond donors (Lipinski definition) is 2.